The van der Waals surface area contributed by atoms with E-state index in [9.17, 15) is 19.8 Å². The van der Waals surface area contributed by atoms with E-state index in [4.69, 9.17) is 9.47 Å². The van der Waals surface area contributed by atoms with Crippen molar-refractivity contribution in [1.82, 2.24) is 21.3 Å². The van der Waals surface area contributed by atoms with Gasteiger partial charge >= 0.3 is 12.2 Å². The van der Waals surface area contributed by atoms with Gasteiger partial charge in [0.05, 0.1) is 24.3 Å². The first kappa shape index (κ1) is 31.1. The normalized spacial score (nSPS) is 25.6. The van der Waals surface area contributed by atoms with Gasteiger partial charge in [-0.05, 0) is 41.5 Å². The Morgan fingerprint density at radius 1 is 0.733 bits per heavy atom. The molecule has 2 saturated heterocycles. The highest BCUT2D eigenvalue weighted by molar-refractivity contribution is 5.85. The van der Waals surface area contributed by atoms with E-state index in [1.165, 1.54) is 0 Å². The first-order chi connectivity index (χ1) is 12.8. The summed E-state index contributed by atoms with van der Waals surface area (Å²) < 4.78 is 10.1. The van der Waals surface area contributed by atoms with Crippen LogP contribution in [0.15, 0.2) is 0 Å². The van der Waals surface area contributed by atoms with Crippen LogP contribution in [-0.2, 0) is 9.47 Å². The maximum absolute atomic E-state index is 11.3. The number of rotatable bonds is 2. The van der Waals surface area contributed by atoms with Gasteiger partial charge in [0.25, 0.3) is 0 Å². The predicted octanol–water partition coefficient (Wildman–Crippen LogP) is 0.531. The van der Waals surface area contributed by atoms with Gasteiger partial charge < -0.3 is 41.0 Å². The molecule has 0 saturated carbocycles. The average molecular weight is 477 g/mol. The number of alkyl carbamates (subject to hydrolysis) is 2. The molecule has 0 aromatic carbocycles. The van der Waals surface area contributed by atoms with E-state index < -0.39 is 35.6 Å². The van der Waals surface area contributed by atoms with Crippen molar-refractivity contribution in [1.29, 1.82) is 0 Å². The molecule has 2 heterocycles. The molecule has 0 aliphatic carbocycles. The van der Waals surface area contributed by atoms with Gasteiger partial charge in [-0.1, -0.05) is 0 Å². The number of hydrogen-bond acceptors (Lipinski definition) is 8. The summed E-state index contributed by atoms with van der Waals surface area (Å²) in [5.74, 6) is 0. The van der Waals surface area contributed by atoms with Crippen molar-refractivity contribution >= 4 is 37.0 Å². The van der Waals surface area contributed by atoms with Crippen molar-refractivity contribution < 1.29 is 29.3 Å². The highest BCUT2D eigenvalue weighted by Gasteiger charge is 2.29. The fraction of sp³-hybridized carbons (Fsp3) is 0.889. The number of carbonyl (C=O) groups is 2. The van der Waals surface area contributed by atoms with Crippen molar-refractivity contribution in [2.24, 2.45) is 0 Å². The van der Waals surface area contributed by atoms with Crippen LogP contribution in [0.1, 0.15) is 41.5 Å². The third-order valence-corrected chi connectivity index (χ3v) is 3.77. The Labute approximate surface area is 191 Å². The van der Waals surface area contributed by atoms with E-state index in [1.54, 1.807) is 41.5 Å². The summed E-state index contributed by atoms with van der Waals surface area (Å²) in [7, 11) is 0. The number of hydrogen-bond donors (Lipinski definition) is 6. The molecule has 2 aliphatic rings. The van der Waals surface area contributed by atoms with E-state index in [1.807, 2.05) is 0 Å². The molecule has 0 bridgehead atoms. The summed E-state index contributed by atoms with van der Waals surface area (Å²) in [6.45, 7) is 13.0. The maximum Gasteiger partial charge on any atom is 0.408 e. The van der Waals surface area contributed by atoms with Crippen molar-refractivity contribution in [3.05, 3.63) is 0 Å². The van der Waals surface area contributed by atoms with Crippen LogP contribution in [0, 0.1) is 0 Å². The van der Waals surface area contributed by atoms with Gasteiger partial charge in [0, 0.05) is 26.2 Å². The fourth-order valence-electron chi connectivity index (χ4n) is 2.54. The summed E-state index contributed by atoms with van der Waals surface area (Å²) in [6.07, 6.45) is -2.01. The molecule has 0 spiro atoms. The minimum atomic E-state index is -0.525. The number of aliphatic hydroxyl groups excluding tert-OH is 2. The largest absolute Gasteiger partial charge is 0.444 e. The highest BCUT2D eigenvalue weighted by atomic mass is 35.5. The molecule has 2 fully saturated rings. The topological polar surface area (TPSA) is 141 Å². The molecule has 180 valence electrons. The number of nitrogens with one attached hydrogen (secondary N) is 4. The lowest BCUT2D eigenvalue weighted by molar-refractivity contribution is 0.0452. The molecule has 12 heteroatoms. The molecule has 2 aliphatic heterocycles. The van der Waals surface area contributed by atoms with Gasteiger partial charge in [-0.3, -0.25) is 0 Å². The number of halogens is 2. The lowest BCUT2D eigenvalue weighted by Crippen LogP contribution is -2.45. The lowest BCUT2D eigenvalue weighted by Gasteiger charge is -2.22. The predicted molar refractivity (Wildman–Crippen MR) is 119 cm³/mol. The van der Waals surface area contributed by atoms with Crippen LogP contribution in [0.25, 0.3) is 0 Å². The second-order valence-electron chi connectivity index (χ2n) is 8.96. The number of carbonyl (C=O) groups excluding carboxylic acids is 2. The van der Waals surface area contributed by atoms with E-state index in [2.05, 4.69) is 21.3 Å². The summed E-state index contributed by atoms with van der Waals surface area (Å²) in [5.41, 5.74) is -0.998. The van der Waals surface area contributed by atoms with E-state index in [0.717, 1.165) is 0 Å². The van der Waals surface area contributed by atoms with Crippen LogP contribution in [0.5, 0.6) is 0 Å². The summed E-state index contributed by atoms with van der Waals surface area (Å²) in [6, 6.07) is -0.491. The zero-order valence-electron chi connectivity index (χ0n) is 18.5. The number of ether oxygens (including phenoxy) is 2. The molecule has 0 unspecified atom stereocenters. The molecule has 0 aromatic rings. The third-order valence-electron chi connectivity index (χ3n) is 3.77. The third kappa shape index (κ3) is 13.3. The van der Waals surface area contributed by atoms with Crippen LogP contribution >= 0.6 is 24.8 Å². The number of amides is 2. The standard InChI is InChI=1S/2C9H18N2O3.2ClH/c2*1-9(2,3)14-8(13)11-6-4-10-5-7(6)12;;/h2*6-7,10,12H,4-5H2,1-3H3,(H,11,13);2*1H/t2*6-,7-;;/m10../s1. The Kier molecular flexibility index (Phi) is 13.9. The van der Waals surface area contributed by atoms with Crippen molar-refractivity contribution in [3.8, 4) is 0 Å². The van der Waals surface area contributed by atoms with Crippen molar-refractivity contribution in [2.75, 3.05) is 26.2 Å². The first-order valence-corrected chi connectivity index (χ1v) is 9.53. The van der Waals surface area contributed by atoms with E-state index in [0.29, 0.717) is 26.2 Å². The smallest absolute Gasteiger partial charge is 0.408 e. The molecule has 0 aromatic heterocycles. The molecule has 4 atom stereocenters. The Morgan fingerprint density at radius 2 is 1.03 bits per heavy atom. The first-order valence-electron chi connectivity index (χ1n) is 9.53. The summed E-state index contributed by atoms with van der Waals surface area (Å²) >= 11 is 0. The molecule has 30 heavy (non-hydrogen) atoms. The number of β-amino-alcohol motifs (C(OH)–C–C–N with tert-alkyl or cyclic N) is 2. The molecular formula is C18H38Cl2N4O6. The Bertz CT molecular complexity index is 482. The number of aliphatic hydroxyl groups is 2. The van der Waals surface area contributed by atoms with Gasteiger partial charge in [0.1, 0.15) is 11.2 Å². The SMILES string of the molecule is CC(C)(C)OC(=O)N[C@@H]1CNC[C@H]1O.CC(C)(C)OC(=O)N[C@H]1CNC[C@@H]1O.Cl.Cl. The quantitative estimate of drug-likeness (QED) is 0.339. The minimum Gasteiger partial charge on any atom is -0.444 e. The van der Waals surface area contributed by atoms with E-state index in [-0.39, 0.29) is 36.9 Å². The van der Waals surface area contributed by atoms with Crippen LogP contribution in [0.2, 0.25) is 0 Å². The average Bonchev–Trinajstić information content (AvgIpc) is 3.05. The van der Waals surface area contributed by atoms with Crippen LogP contribution < -0.4 is 21.3 Å². The van der Waals surface area contributed by atoms with Gasteiger partial charge in [-0.15, -0.1) is 24.8 Å². The lowest BCUT2D eigenvalue weighted by atomic mass is 10.2. The molecule has 6 N–H and O–H groups in total. The van der Waals surface area contributed by atoms with Gasteiger partial charge in [-0.25, -0.2) is 9.59 Å². The molecular weight excluding hydrogens is 439 g/mol. The maximum atomic E-state index is 11.3. The summed E-state index contributed by atoms with van der Waals surface area (Å²) in [5, 5.41) is 30.0. The van der Waals surface area contributed by atoms with Crippen molar-refractivity contribution in [3.63, 3.8) is 0 Å². The highest BCUT2D eigenvalue weighted by Crippen LogP contribution is 2.09. The van der Waals surface area contributed by atoms with Crippen LogP contribution in [0.4, 0.5) is 9.59 Å². The Morgan fingerprint density at radius 3 is 1.23 bits per heavy atom. The fourth-order valence-corrected chi connectivity index (χ4v) is 2.54. The Balaban J connectivity index is 0. The van der Waals surface area contributed by atoms with Gasteiger partial charge in [0.2, 0.25) is 0 Å². The van der Waals surface area contributed by atoms with Gasteiger partial charge in [-0.2, -0.15) is 0 Å². The van der Waals surface area contributed by atoms with Crippen molar-refractivity contribution in [2.45, 2.75) is 77.0 Å². The minimum absolute atomic E-state index is 0. The van der Waals surface area contributed by atoms with E-state index >= 15 is 0 Å². The van der Waals surface area contributed by atoms with Crippen LogP contribution in [-0.4, -0.2) is 84.1 Å². The molecule has 2 amide bonds. The zero-order chi connectivity index (χ0) is 21.5. The molecule has 2 rings (SSSR count). The zero-order valence-corrected chi connectivity index (χ0v) is 20.1. The Hall–Kier alpha value is -1.04. The second kappa shape index (κ2) is 13.4. The molecule has 10 nitrogen and oxygen atoms in total. The van der Waals surface area contributed by atoms with Crippen LogP contribution in [0.3, 0.4) is 0 Å². The second-order valence-corrected chi connectivity index (χ2v) is 8.96. The monoisotopic (exact) mass is 476 g/mol. The summed E-state index contributed by atoms with van der Waals surface area (Å²) in [4.78, 5) is 22.6. The van der Waals surface area contributed by atoms with Gasteiger partial charge in [0.15, 0.2) is 0 Å². The molecule has 0 radical (unpaired) electrons.